The van der Waals surface area contributed by atoms with Crippen molar-refractivity contribution in [3.05, 3.63) is 11.6 Å². The van der Waals surface area contributed by atoms with Gasteiger partial charge in [0.05, 0.1) is 11.8 Å². The molecule has 2 aliphatic carbocycles. The number of rotatable bonds is 1. The zero-order chi connectivity index (χ0) is 11.6. The van der Waals surface area contributed by atoms with Gasteiger partial charge in [0, 0.05) is 11.6 Å². The third kappa shape index (κ3) is 1.10. The second kappa shape index (κ2) is 3.16. The van der Waals surface area contributed by atoms with Crippen LogP contribution in [0.2, 0.25) is 0 Å². The lowest BCUT2D eigenvalue weighted by atomic mass is 9.81. The van der Waals surface area contributed by atoms with Gasteiger partial charge >= 0.3 is 0 Å². The lowest BCUT2D eigenvalue weighted by Gasteiger charge is -2.19. The summed E-state index contributed by atoms with van der Waals surface area (Å²) in [5.74, 6) is 0.831. The van der Waals surface area contributed by atoms with E-state index in [1.165, 1.54) is 16.2 Å². The first-order valence-electron chi connectivity index (χ1n) is 6.04. The van der Waals surface area contributed by atoms with E-state index in [9.17, 15) is 9.59 Å². The van der Waals surface area contributed by atoms with E-state index in [0.717, 1.165) is 19.3 Å². The summed E-state index contributed by atoms with van der Waals surface area (Å²) in [6.45, 7) is 0. The van der Waals surface area contributed by atoms with Crippen molar-refractivity contribution in [3.63, 3.8) is 0 Å². The number of fused-ring (bicyclic) bond motifs is 5. The average molecular weight is 248 g/mol. The zero-order valence-electron chi connectivity index (χ0n) is 9.20. The second-order valence-electron chi connectivity index (χ2n) is 5.21. The Bertz CT molecular complexity index is 471. The zero-order valence-corrected chi connectivity index (χ0v) is 10.0. The van der Waals surface area contributed by atoms with Gasteiger partial charge in [-0.2, -0.15) is 0 Å². The highest BCUT2D eigenvalue weighted by Gasteiger charge is 2.61. The lowest BCUT2D eigenvalue weighted by Crippen LogP contribution is -2.32. The predicted molar refractivity (Wildman–Crippen MR) is 62.4 cm³/mol. The fourth-order valence-corrected chi connectivity index (χ4v) is 4.57. The van der Waals surface area contributed by atoms with Crippen molar-refractivity contribution >= 4 is 28.3 Å². The number of aromatic nitrogens is 1. The molecule has 0 unspecified atom stereocenters. The molecular formula is C12H12N2O2S. The molecule has 1 aliphatic heterocycles. The summed E-state index contributed by atoms with van der Waals surface area (Å²) in [6.07, 6.45) is 4.97. The highest BCUT2D eigenvalue weighted by molar-refractivity contribution is 7.14. The number of hydrogen-bond donors (Lipinski definition) is 0. The summed E-state index contributed by atoms with van der Waals surface area (Å²) < 4.78 is 0. The van der Waals surface area contributed by atoms with E-state index in [4.69, 9.17) is 0 Å². The van der Waals surface area contributed by atoms with Crippen molar-refractivity contribution in [1.29, 1.82) is 0 Å². The lowest BCUT2D eigenvalue weighted by molar-refractivity contribution is -0.123. The predicted octanol–water partition coefficient (Wildman–Crippen LogP) is 1.68. The van der Waals surface area contributed by atoms with Gasteiger partial charge in [0.15, 0.2) is 5.13 Å². The summed E-state index contributed by atoms with van der Waals surface area (Å²) in [4.78, 5) is 30.2. The van der Waals surface area contributed by atoms with Crippen LogP contribution < -0.4 is 4.90 Å². The minimum absolute atomic E-state index is 0.00199. The molecule has 0 spiro atoms. The van der Waals surface area contributed by atoms with Crippen molar-refractivity contribution in [2.75, 3.05) is 4.90 Å². The Morgan fingerprint density at radius 3 is 2.35 bits per heavy atom. The van der Waals surface area contributed by atoms with E-state index >= 15 is 0 Å². The molecule has 4 atom stereocenters. The molecule has 3 fully saturated rings. The molecule has 2 heterocycles. The Balaban J connectivity index is 1.77. The van der Waals surface area contributed by atoms with Gasteiger partial charge in [-0.25, -0.2) is 9.88 Å². The standard InChI is InChI=1S/C12H12N2O2S/c15-10-8-6-1-2-7(5-6)9(8)11(16)14(10)12-13-3-4-17-12/h3-4,6-9H,1-2,5H2/t6-,7-,8-,9+/m1/s1. The fraction of sp³-hybridized carbons (Fsp3) is 0.583. The number of carbonyl (C=O) groups excluding carboxylic acids is 2. The molecule has 2 bridgehead atoms. The molecule has 1 aromatic rings. The first kappa shape index (κ1) is 9.76. The van der Waals surface area contributed by atoms with Crippen molar-refractivity contribution < 1.29 is 9.59 Å². The third-order valence-electron chi connectivity index (χ3n) is 4.54. The van der Waals surface area contributed by atoms with Crippen LogP contribution in [0, 0.1) is 23.7 Å². The summed E-state index contributed by atoms with van der Waals surface area (Å²) >= 11 is 1.36. The van der Waals surface area contributed by atoms with Gasteiger partial charge in [-0.05, 0) is 31.1 Å². The molecule has 2 amide bonds. The van der Waals surface area contributed by atoms with Gasteiger partial charge in [0.25, 0.3) is 0 Å². The molecule has 1 aromatic heterocycles. The number of amides is 2. The molecule has 0 aromatic carbocycles. The summed E-state index contributed by atoms with van der Waals surface area (Å²) in [5.41, 5.74) is 0. The quantitative estimate of drug-likeness (QED) is 0.710. The average Bonchev–Trinajstić information content (AvgIpc) is 3.03. The van der Waals surface area contributed by atoms with E-state index in [0.29, 0.717) is 17.0 Å². The van der Waals surface area contributed by atoms with Gasteiger partial charge in [0.2, 0.25) is 11.8 Å². The summed E-state index contributed by atoms with van der Waals surface area (Å²) in [5, 5.41) is 2.35. The van der Waals surface area contributed by atoms with Crippen LogP contribution in [0.25, 0.3) is 0 Å². The normalized spacial score (nSPS) is 39.2. The smallest absolute Gasteiger partial charge is 0.239 e. The first-order chi connectivity index (χ1) is 8.27. The minimum Gasteiger partial charge on any atom is -0.274 e. The Labute approximate surface area is 103 Å². The Hall–Kier alpha value is -1.23. The molecule has 3 aliphatic rings. The van der Waals surface area contributed by atoms with Crippen molar-refractivity contribution in [1.82, 2.24) is 4.98 Å². The molecule has 0 radical (unpaired) electrons. The van der Waals surface area contributed by atoms with E-state index in [1.807, 2.05) is 0 Å². The molecule has 88 valence electrons. The summed E-state index contributed by atoms with van der Waals surface area (Å²) in [7, 11) is 0. The molecule has 0 N–H and O–H groups in total. The topological polar surface area (TPSA) is 50.3 Å². The number of hydrogen-bond acceptors (Lipinski definition) is 4. The second-order valence-corrected chi connectivity index (χ2v) is 6.08. The Kier molecular flexibility index (Phi) is 1.82. The monoisotopic (exact) mass is 248 g/mol. The number of imide groups is 1. The molecule has 5 heteroatoms. The van der Waals surface area contributed by atoms with E-state index in [2.05, 4.69) is 4.98 Å². The van der Waals surface area contributed by atoms with Crippen LogP contribution in [-0.4, -0.2) is 16.8 Å². The number of carbonyl (C=O) groups is 2. The first-order valence-corrected chi connectivity index (χ1v) is 6.92. The molecule has 17 heavy (non-hydrogen) atoms. The SMILES string of the molecule is O=C1[C@@H]2[C@@H]3CC[C@H](C3)[C@@H]2C(=O)N1c1nccs1. The van der Waals surface area contributed by atoms with Crippen LogP contribution in [-0.2, 0) is 9.59 Å². The highest BCUT2D eigenvalue weighted by atomic mass is 32.1. The van der Waals surface area contributed by atoms with Gasteiger partial charge in [-0.15, -0.1) is 11.3 Å². The van der Waals surface area contributed by atoms with E-state index in [-0.39, 0.29) is 23.7 Å². The van der Waals surface area contributed by atoms with E-state index < -0.39 is 0 Å². The Morgan fingerprint density at radius 2 is 1.82 bits per heavy atom. The van der Waals surface area contributed by atoms with Crippen molar-refractivity contribution in [2.45, 2.75) is 19.3 Å². The van der Waals surface area contributed by atoms with Gasteiger partial charge in [0.1, 0.15) is 0 Å². The molecule has 4 rings (SSSR count). The van der Waals surface area contributed by atoms with Gasteiger partial charge in [-0.3, -0.25) is 9.59 Å². The van der Waals surface area contributed by atoms with Crippen LogP contribution in [0.3, 0.4) is 0 Å². The Morgan fingerprint density at radius 1 is 1.18 bits per heavy atom. The van der Waals surface area contributed by atoms with Gasteiger partial charge < -0.3 is 0 Å². The molecule has 2 saturated carbocycles. The van der Waals surface area contributed by atoms with Crippen LogP contribution in [0.5, 0.6) is 0 Å². The largest absolute Gasteiger partial charge is 0.274 e. The minimum atomic E-state index is -0.0369. The third-order valence-corrected chi connectivity index (χ3v) is 5.29. The van der Waals surface area contributed by atoms with Crippen molar-refractivity contribution in [3.8, 4) is 0 Å². The highest BCUT2D eigenvalue weighted by Crippen LogP contribution is 2.56. The van der Waals surface area contributed by atoms with Gasteiger partial charge in [-0.1, -0.05) is 0 Å². The van der Waals surface area contributed by atoms with Crippen LogP contribution in [0.15, 0.2) is 11.6 Å². The van der Waals surface area contributed by atoms with Crippen LogP contribution >= 0.6 is 11.3 Å². The number of anilines is 1. The van der Waals surface area contributed by atoms with Crippen LogP contribution in [0.1, 0.15) is 19.3 Å². The van der Waals surface area contributed by atoms with Crippen molar-refractivity contribution in [2.24, 2.45) is 23.7 Å². The molecular weight excluding hydrogens is 236 g/mol. The molecule has 1 saturated heterocycles. The molecule has 4 nitrogen and oxygen atoms in total. The van der Waals surface area contributed by atoms with Crippen LogP contribution in [0.4, 0.5) is 5.13 Å². The number of thiazole rings is 1. The maximum absolute atomic E-state index is 12.4. The van der Waals surface area contributed by atoms with E-state index in [1.54, 1.807) is 11.6 Å². The number of nitrogens with zero attached hydrogens (tertiary/aromatic N) is 2. The maximum atomic E-state index is 12.4. The fourth-order valence-electron chi connectivity index (χ4n) is 3.92. The maximum Gasteiger partial charge on any atom is 0.239 e. The summed E-state index contributed by atoms with van der Waals surface area (Å²) in [6, 6.07) is 0.